The topological polar surface area (TPSA) is 69.9 Å². The summed E-state index contributed by atoms with van der Waals surface area (Å²) in [5.74, 6) is 0. The molecule has 0 saturated heterocycles. The van der Waals surface area contributed by atoms with E-state index in [0.29, 0.717) is 11.7 Å². The number of aliphatic hydroxyl groups is 1. The number of benzene rings is 2. The molecule has 0 amide bonds. The third-order valence-electron chi connectivity index (χ3n) is 3.35. The molecule has 0 aliphatic heterocycles. The third kappa shape index (κ3) is 4.41. The first-order valence-electron chi connectivity index (χ1n) is 7.53. The van der Waals surface area contributed by atoms with Crippen LogP contribution in [0.3, 0.4) is 0 Å². The minimum absolute atomic E-state index is 0.172. The molecule has 118 valence electrons. The molecule has 0 aliphatic rings. The number of hydrogen-bond donors (Lipinski definition) is 2. The summed E-state index contributed by atoms with van der Waals surface area (Å²) in [6, 6.07) is 16.0. The molecule has 0 fully saturated rings. The van der Waals surface area contributed by atoms with E-state index >= 15 is 0 Å². The Morgan fingerprint density at radius 2 is 1.83 bits per heavy atom. The number of hydrogen-bond acceptors (Lipinski definition) is 6. The van der Waals surface area contributed by atoms with E-state index in [2.05, 4.69) is 20.5 Å². The van der Waals surface area contributed by atoms with Gasteiger partial charge in [0.1, 0.15) is 0 Å². The smallest absolute Gasteiger partial charge is 0.231 e. The Balaban J connectivity index is 1.61. The van der Waals surface area contributed by atoms with Crippen LogP contribution in [0.5, 0.6) is 0 Å². The minimum Gasteiger partial charge on any atom is -0.395 e. The van der Waals surface area contributed by atoms with Crippen LogP contribution >= 0.6 is 11.3 Å². The second kappa shape index (κ2) is 7.92. The molecule has 0 bridgehead atoms. The van der Waals surface area contributed by atoms with Crippen LogP contribution in [-0.2, 0) is 6.42 Å². The van der Waals surface area contributed by atoms with Crippen molar-refractivity contribution in [2.24, 2.45) is 10.2 Å². The van der Waals surface area contributed by atoms with Crippen LogP contribution in [0, 0.1) is 0 Å². The monoisotopic (exact) mass is 326 g/mol. The maximum Gasteiger partial charge on any atom is 0.231 e. The Morgan fingerprint density at radius 1 is 1.00 bits per heavy atom. The van der Waals surface area contributed by atoms with Gasteiger partial charge >= 0.3 is 0 Å². The first-order chi connectivity index (χ1) is 11.3. The van der Waals surface area contributed by atoms with Gasteiger partial charge in [-0.3, -0.25) is 0 Å². The molecule has 0 atom stereocenters. The average Bonchev–Trinajstić information content (AvgIpc) is 3.01. The molecule has 5 nitrogen and oxygen atoms in total. The summed E-state index contributed by atoms with van der Waals surface area (Å²) in [4.78, 5) is 4.43. The van der Waals surface area contributed by atoms with Gasteiger partial charge in [0.05, 0.1) is 22.5 Å². The summed E-state index contributed by atoms with van der Waals surface area (Å²) in [7, 11) is 0. The van der Waals surface area contributed by atoms with Gasteiger partial charge in [-0.25, -0.2) is 4.98 Å². The summed E-state index contributed by atoms with van der Waals surface area (Å²) in [6.45, 7) is 1.66. The minimum atomic E-state index is 0.172. The number of nitrogens with zero attached hydrogens (tertiary/aromatic N) is 3. The van der Waals surface area contributed by atoms with Crippen LogP contribution < -0.4 is 5.32 Å². The van der Waals surface area contributed by atoms with E-state index in [1.165, 1.54) is 16.9 Å². The van der Waals surface area contributed by atoms with Crippen molar-refractivity contribution in [1.82, 2.24) is 10.3 Å². The standard InChI is InChI=1S/C17H18N4OS/c22-12-11-18-10-9-13-5-7-14(8-6-13)20-21-17-19-15-3-1-2-4-16(15)23-17/h1-8,18,22H,9-12H2. The van der Waals surface area contributed by atoms with Crippen molar-refractivity contribution in [2.45, 2.75) is 6.42 Å². The van der Waals surface area contributed by atoms with Gasteiger partial charge < -0.3 is 10.4 Å². The fourth-order valence-electron chi connectivity index (χ4n) is 2.17. The van der Waals surface area contributed by atoms with Gasteiger partial charge in [-0.05, 0) is 42.8 Å². The zero-order valence-corrected chi connectivity index (χ0v) is 13.5. The van der Waals surface area contributed by atoms with Crippen molar-refractivity contribution in [3.63, 3.8) is 0 Å². The van der Waals surface area contributed by atoms with Crippen molar-refractivity contribution in [3.8, 4) is 0 Å². The molecule has 6 heteroatoms. The molecule has 23 heavy (non-hydrogen) atoms. The molecule has 2 N–H and O–H groups in total. The van der Waals surface area contributed by atoms with E-state index in [1.807, 2.05) is 48.5 Å². The first kappa shape index (κ1) is 15.7. The van der Waals surface area contributed by atoms with Crippen molar-refractivity contribution in [2.75, 3.05) is 19.7 Å². The summed E-state index contributed by atoms with van der Waals surface area (Å²) in [5, 5.41) is 21.0. The van der Waals surface area contributed by atoms with E-state index in [9.17, 15) is 0 Å². The molecular weight excluding hydrogens is 308 g/mol. The Kier molecular flexibility index (Phi) is 5.42. The van der Waals surface area contributed by atoms with Crippen molar-refractivity contribution in [3.05, 3.63) is 54.1 Å². The number of nitrogens with one attached hydrogen (secondary N) is 1. The summed E-state index contributed by atoms with van der Waals surface area (Å²) in [5.41, 5.74) is 3.00. The number of para-hydroxylation sites is 1. The van der Waals surface area contributed by atoms with Crippen molar-refractivity contribution >= 4 is 32.4 Å². The molecule has 0 unspecified atom stereocenters. The highest BCUT2D eigenvalue weighted by Gasteiger charge is 2.01. The predicted octanol–water partition coefficient (Wildman–Crippen LogP) is 3.84. The van der Waals surface area contributed by atoms with Crippen LogP contribution in [0.15, 0.2) is 58.8 Å². The molecule has 1 aromatic heterocycles. The molecule has 1 heterocycles. The lowest BCUT2D eigenvalue weighted by atomic mass is 10.1. The van der Waals surface area contributed by atoms with Gasteiger partial charge in [0.25, 0.3) is 0 Å². The van der Waals surface area contributed by atoms with E-state index in [-0.39, 0.29) is 6.61 Å². The fraction of sp³-hybridized carbons (Fsp3) is 0.235. The Morgan fingerprint density at radius 3 is 2.61 bits per heavy atom. The summed E-state index contributed by atoms with van der Waals surface area (Å²) >= 11 is 1.54. The highest BCUT2D eigenvalue weighted by molar-refractivity contribution is 7.21. The Labute approximate surface area is 138 Å². The van der Waals surface area contributed by atoms with Crippen LogP contribution in [0.25, 0.3) is 10.2 Å². The lowest BCUT2D eigenvalue weighted by Gasteiger charge is -2.03. The lowest BCUT2D eigenvalue weighted by Crippen LogP contribution is -2.20. The van der Waals surface area contributed by atoms with Gasteiger partial charge in [0.2, 0.25) is 5.13 Å². The van der Waals surface area contributed by atoms with Crippen LogP contribution in [0.4, 0.5) is 10.8 Å². The van der Waals surface area contributed by atoms with Gasteiger partial charge in [-0.2, -0.15) is 0 Å². The highest BCUT2D eigenvalue weighted by atomic mass is 32.1. The summed E-state index contributed by atoms with van der Waals surface area (Å²) < 4.78 is 1.12. The van der Waals surface area contributed by atoms with Crippen LogP contribution in [0.2, 0.25) is 0 Å². The maximum absolute atomic E-state index is 8.71. The Bertz CT molecular complexity index is 750. The van der Waals surface area contributed by atoms with Crippen LogP contribution in [0.1, 0.15) is 5.56 Å². The predicted molar refractivity (Wildman–Crippen MR) is 93.9 cm³/mol. The highest BCUT2D eigenvalue weighted by Crippen LogP contribution is 2.29. The summed E-state index contributed by atoms with van der Waals surface area (Å²) in [6.07, 6.45) is 0.926. The molecule has 0 aliphatic carbocycles. The number of rotatable bonds is 7. The molecule has 0 spiro atoms. The number of thiazole rings is 1. The number of aromatic nitrogens is 1. The fourth-order valence-corrected chi connectivity index (χ4v) is 2.96. The zero-order chi connectivity index (χ0) is 15.9. The normalized spacial score (nSPS) is 11.5. The number of fused-ring (bicyclic) bond motifs is 1. The van der Waals surface area contributed by atoms with E-state index in [0.717, 1.165) is 28.9 Å². The SMILES string of the molecule is OCCNCCc1ccc(N=Nc2nc3ccccc3s2)cc1. The average molecular weight is 326 g/mol. The lowest BCUT2D eigenvalue weighted by molar-refractivity contribution is 0.293. The molecule has 3 aromatic rings. The van der Waals surface area contributed by atoms with Crippen molar-refractivity contribution in [1.29, 1.82) is 0 Å². The second-order valence-corrected chi connectivity index (χ2v) is 6.06. The van der Waals surface area contributed by atoms with E-state index in [4.69, 9.17) is 5.11 Å². The zero-order valence-electron chi connectivity index (χ0n) is 12.6. The van der Waals surface area contributed by atoms with E-state index < -0.39 is 0 Å². The number of azo groups is 1. The van der Waals surface area contributed by atoms with E-state index in [1.54, 1.807) is 0 Å². The Hall–Kier alpha value is -2.15. The molecule has 0 saturated carbocycles. The van der Waals surface area contributed by atoms with Gasteiger partial charge in [-0.15, -0.1) is 10.2 Å². The van der Waals surface area contributed by atoms with Crippen molar-refractivity contribution < 1.29 is 5.11 Å². The third-order valence-corrected chi connectivity index (χ3v) is 4.27. The molecule has 0 radical (unpaired) electrons. The van der Waals surface area contributed by atoms with Gasteiger partial charge in [0.15, 0.2) is 0 Å². The van der Waals surface area contributed by atoms with Crippen LogP contribution in [-0.4, -0.2) is 29.8 Å². The molecule has 3 rings (SSSR count). The molecular formula is C17H18N4OS. The second-order valence-electron chi connectivity index (χ2n) is 5.05. The maximum atomic E-state index is 8.71. The largest absolute Gasteiger partial charge is 0.395 e. The number of aliphatic hydroxyl groups excluding tert-OH is 1. The van der Waals surface area contributed by atoms with Gasteiger partial charge in [-0.1, -0.05) is 35.6 Å². The quantitative estimate of drug-likeness (QED) is 0.512. The first-order valence-corrected chi connectivity index (χ1v) is 8.34. The molecule has 2 aromatic carbocycles. The van der Waals surface area contributed by atoms with Gasteiger partial charge in [0, 0.05) is 6.54 Å².